The first-order chi connectivity index (χ1) is 8.60. The molecule has 2 rings (SSSR count). The fraction of sp³-hybridized carbons (Fsp3) is 0.333. The van der Waals surface area contributed by atoms with Gasteiger partial charge in [0.1, 0.15) is 0 Å². The molecule has 0 saturated heterocycles. The highest BCUT2D eigenvalue weighted by Crippen LogP contribution is 2.17. The lowest BCUT2D eigenvalue weighted by Gasteiger charge is -2.10. The molecular weight excluding hydrogens is 222 g/mol. The minimum absolute atomic E-state index is 0.672. The molecule has 0 bridgehead atoms. The lowest BCUT2D eigenvalue weighted by molar-refractivity contribution is 0.961. The Balaban J connectivity index is 2.27. The molecule has 1 aromatic carbocycles. The molecule has 2 aromatic rings. The summed E-state index contributed by atoms with van der Waals surface area (Å²) in [5.41, 5.74) is 5.61. The molecule has 3 nitrogen and oxygen atoms in total. The minimum Gasteiger partial charge on any atom is -0.324 e. The summed E-state index contributed by atoms with van der Waals surface area (Å²) in [6.07, 6.45) is 0.975. The lowest BCUT2D eigenvalue weighted by atomic mass is 10.1. The van der Waals surface area contributed by atoms with Gasteiger partial charge in [-0.05, 0) is 44.9 Å². The predicted octanol–water partition coefficient (Wildman–Crippen LogP) is 3.71. The molecule has 0 radical (unpaired) electrons. The molecule has 0 aliphatic carbocycles. The van der Waals surface area contributed by atoms with Gasteiger partial charge in [-0.25, -0.2) is 9.97 Å². The summed E-state index contributed by atoms with van der Waals surface area (Å²) in [5, 5.41) is 3.24. The first-order valence-electron chi connectivity index (χ1n) is 6.28. The summed E-state index contributed by atoms with van der Waals surface area (Å²) in [5.74, 6) is 0.672. The van der Waals surface area contributed by atoms with Crippen LogP contribution in [0.15, 0.2) is 24.3 Å². The van der Waals surface area contributed by atoms with Crippen LogP contribution in [0.5, 0.6) is 0 Å². The number of anilines is 2. The van der Waals surface area contributed by atoms with Gasteiger partial charge < -0.3 is 5.32 Å². The number of hydrogen-bond acceptors (Lipinski definition) is 3. The van der Waals surface area contributed by atoms with E-state index in [1.807, 2.05) is 26.0 Å². The third-order valence-corrected chi connectivity index (χ3v) is 3.08. The zero-order valence-electron chi connectivity index (χ0n) is 11.4. The molecule has 94 valence electrons. The maximum absolute atomic E-state index is 4.50. The number of nitrogens with zero attached hydrogens (tertiary/aromatic N) is 2. The van der Waals surface area contributed by atoms with E-state index < -0.39 is 0 Å². The smallest absolute Gasteiger partial charge is 0.227 e. The Bertz CT molecular complexity index is 521. The summed E-state index contributed by atoms with van der Waals surface area (Å²) >= 11 is 0. The van der Waals surface area contributed by atoms with Crippen LogP contribution in [0.3, 0.4) is 0 Å². The average molecular weight is 241 g/mol. The summed E-state index contributed by atoms with van der Waals surface area (Å²) < 4.78 is 0. The second-order valence-corrected chi connectivity index (χ2v) is 4.54. The molecular formula is C15H19N3. The van der Waals surface area contributed by atoms with Gasteiger partial charge in [0.2, 0.25) is 5.95 Å². The van der Waals surface area contributed by atoms with Gasteiger partial charge in [-0.1, -0.05) is 24.6 Å². The summed E-state index contributed by atoms with van der Waals surface area (Å²) in [6, 6.07) is 8.22. The highest BCUT2D eigenvalue weighted by atomic mass is 15.1. The van der Waals surface area contributed by atoms with Crippen molar-refractivity contribution in [2.24, 2.45) is 0 Å². The third-order valence-electron chi connectivity index (χ3n) is 3.08. The van der Waals surface area contributed by atoms with Gasteiger partial charge >= 0.3 is 0 Å². The molecule has 0 atom stereocenters. The quantitative estimate of drug-likeness (QED) is 0.890. The second-order valence-electron chi connectivity index (χ2n) is 4.54. The van der Waals surface area contributed by atoms with Crippen LogP contribution in [0.2, 0.25) is 0 Å². The van der Waals surface area contributed by atoms with Gasteiger partial charge in [-0.15, -0.1) is 0 Å². The summed E-state index contributed by atoms with van der Waals surface area (Å²) in [4.78, 5) is 9.00. The van der Waals surface area contributed by atoms with Crippen molar-refractivity contribution < 1.29 is 0 Å². The number of benzene rings is 1. The Labute approximate surface area is 108 Å². The van der Waals surface area contributed by atoms with Crippen LogP contribution in [-0.2, 0) is 6.42 Å². The highest BCUT2D eigenvalue weighted by Gasteiger charge is 2.06. The molecule has 0 fully saturated rings. The van der Waals surface area contributed by atoms with Crippen molar-refractivity contribution >= 4 is 11.6 Å². The zero-order valence-corrected chi connectivity index (χ0v) is 11.4. The van der Waals surface area contributed by atoms with Crippen LogP contribution < -0.4 is 5.32 Å². The Morgan fingerprint density at radius 3 is 2.00 bits per heavy atom. The fourth-order valence-electron chi connectivity index (χ4n) is 2.07. The molecule has 1 N–H and O–H groups in total. The number of nitrogens with one attached hydrogen (secondary N) is 1. The Hall–Kier alpha value is -1.90. The van der Waals surface area contributed by atoms with Crippen LogP contribution in [0.1, 0.15) is 29.4 Å². The topological polar surface area (TPSA) is 37.8 Å². The predicted molar refractivity (Wildman–Crippen MR) is 75.3 cm³/mol. The molecule has 0 saturated carbocycles. The first kappa shape index (κ1) is 12.6. The van der Waals surface area contributed by atoms with Crippen LogP contribution >= 0.6 is 0 Å². The molecule has 0 unspecified atom stereocenters. The van der Waals surface area contributed by atoms with Gasteiger partial charge in [0, 0.05) is 17.1 Å². The maximum Gasteiger partial charge on any atom is 0.227 e. The molecule has 18 heavy (non-hydrogen) atoms. The van der Waals surface area contributed by atoms with Gasteiger partial charge in [0.25, 0.3) is 0 Å². The van der Waals surface area contributed by atoms with E-state index >= 15 is 0 Å². The minimum atomic E-state index is 0.672. The SMILES string of the molecule is CCc1c(C)nc(Nc2ccc(C)cc2)nc1C. The zero-order chi connectivity index (χ0) is 13.1. The van der Waals surface area contributed by atoms with Crippen molar-refractivity contribution in [2.45, 2.75) is 34.1 Å². The van der Waals surface area contributed by atoms with Gasteiger partial charge in [-0.2, -0.15) is 0 Å². The van der Waals surface area contributed by atoms with Crippen molar-refractivity contribution in [3.63, 3.8) is 0 Å². The van der Waals surface area contributed by atoms with E-state index in [1.54, 1.807) is 0 Å². The van der Waals surface area contributed by atoms with Crippen molar-refractivity contribution in [1.29, 1.82) is 0 Å². The largest absolute Gasteiger partial charge is 0.324 e. The molecule has 1 heterocycles. The standard InChI is InChI=1S/C15H19N3/c1-5-14-11(3)16-15(17-12(14)4)18-13-8-6-10(2)7-9-13/h6-9H,5H2,1-4H3,(H,16,17,18). The van der Waals surface area contributed by atoms with Crippen LogP contribution in [0.25, 0.3) is 0 Å². The number of aryl methyl sites for hydroxylation is 3. The van der Waals surface area contributed by atoms with Gasteiger partial charge in [-0.3, -0.25) is 0 Å². The number of aromatic nitrogens is 2. The summed E-state index contributed by atoms with van der Waals surface area (Å²) in [7, 11) is 0. The molecule has 0 spiro atoms. The normalized spacial score (nSPS) is 10.4. The van der Waals surface area contributed by atoms with Crippen molar-refractivity contribution in [3.05, 3.63) is 46.8 Å². The monoisotopic (exact) mass is 241 g/mol. The van der Waals surface area contributed by atoms with E-state index in [2.05, 4.69) is 41.3 Å². The molecule has 0 amide bonds. The Morgan fingerprint density at radius 2 is 1.50 bits per heavy atom. The molecule has 0 aliphatic heterocycles. The van der Waals surface area contributed by atoms with Gasteiger partial charge in [0.05, 0.1) is 0 Å². The van der Waals surface area contributed by atoms with E-state index in [4.69, 9.17) is 0 Å². The van der Waals surface area contributed by atoms with Crippen LogP contribution in [0, 0.1) is 20.8 Å². The molecule has 0 aliphatic rings. The van der Waals surface area contributed by atoms with Crippen LogP contribution in [-0.4, -0.2) is 9.97 Å². The van der Waals surface area contributed by atoms with E-state index in [0.717, 1.165) is 23.5 Å². The third kappa shape index (κ3) is 2.67. The van der Waals surface area contributed by atoms with Crippen molar-refractivity contribution in [1.82, 2.24) is 9.97 Å². The van der Waals surface area contributed by atoms with E-state index in [9.17, 15) is 0 Å². The first-order valence-corrected chi connectivity index (χ1v) is 6.28. The van der Waals surface area contributed by atoms with E-state index in [-0.39, 0.29) is 0 Å². The molecule has 1 aromatic heterocycles. The Morgan fingerprint density at radius 1 is 0.944 bits per heavy atom. The highest BCUT2D eigenvalue weighted by molar-refractivity contribution is 5.54. The van der Waals surface area contributed by atoms with Crippen molar-refractivity contribution in [3.8, 4) is 0 Å². The Kier molecular flexibility index (Phi) is 3.60. The number of rotatable bonds is 3. The molecule has 3 heteroatoms. The number of hydrogen-bond donors (Lipinski definition) is 1. The fourth-order valence-corrected chi connectivity index (χ4v) is 2.07. The lowest BCUT2D eigenvalue weighted by Crippen LogP contribution is -2.04. The van der Waals surface area contributed by atoms with Gasteiger partial charge in [0.15, 0.2) is 0 Å². The second kappa shape index (κ2) is 5.17. The van der Waals surface area contributed by atoms with Crippen LogP contribution in [0.4, 0.5) is 11.6 Å². The average Bonchev–Trinajstić information content (AvgIpc) is 2.32. The van der Waals surface area contributed by atoms with Crippen molar-refractivity contribution in [2.75, 3.05) is 5.32 Å². The maximum atomic E-state index is 4.50. The summed E-state index contributed by atoms with van der Waals surface area (Å²) in [6.45, 7) is 8.28. The van der Waals surface area contributed by atoms with E-state index in [1.165, 1.54) is 11.1 Å². The van der Waals surface area contributed by atoms with E-state index in [0.29, 0.717) is 5.95 Å².